The lowest BCUT2D eigenvalue weighted by Crippen LogP contribution is -2.28. The third kappa shape index (κ3) is 4.62. The lowest BCUT2D eigenvalue weighted by Gasteiger charge is -2.14. The molecular formula is C17H16ClN3O2S2. The Bertz CT molecular complexity index is 937. The topological polar surface area (TPSA) is 63.5 Å². The highest BCUT2D eigenvalue weighted by Gasteiger charge is 2.10. The van der Waals surface area contributed by atoms with Gasteiger partial charge in [-0.2, -0.15) is 0 Å². The molecule has 0 aliphatic carbocycles. The summed E-state index contributed by atoms with van der Waals surface area (Å²) in [5, 5.41) is 5.45. The van der Waals surface area contributed by atoms with Crippen LogP contribution in [0.1, 0.15) is 24.2 Å². The van der Waals surface area contributed by atoms with Crippen LogP contribution in [0.25, 0.3) is 4.96 Å². The van der Waals surface area contributed by atoms with Crippen LogP contribution >= 0.6 is 34.7 Å². The Labute approximate surface area is 158 Å². The van der Waals surface area contributed by atoms with E-state index in [1.165, 1.54) is 33.6 Å². The maximum Gasteiger partial charge on any atom is 0.258 e. The van der Waals surface area contributed by atoms with E-state index >= 15 is 0 Å². The van der Waals surface area contributed by atoms with Crippen molar-refractivity contribution >= 4 is 45.6 Å². The molecule has 3 aromatic rings. The molecule has 1 atom stereocenters. The fourth-order valence-corrected chi connectivity index (χ4v) is 3.92. The van der Waals surface area contributed by atoms with Crippen molar-refractivity contribution in [1.29, 1.82) is 0 Å². The SMILES string of the molecule is C[C@@H](NC(=O)CSCc1cc(=O)n2ccsc2n1)c1ccc(Cl)cc1. The fraction of sp³-hybridized carbons (Fsp3) is 0.235. The minimum absolute atomic E-state index is 0.0543. The minimum atomic E-state index is -0.0948. The predicted octanol–water partition coefficient (Wildman–Crippen LogP) is 3.52. The van der Waals surface area contributed by atoms with Gasteiger partial charge >= 0.3 is 0 Å². The second-order valence-corrected chi connectivity index (χ2v) is 7.77. The molecule has 0 spiro atoms. The van der Waals surface area contributed by atoms with Gasteiger partial charge in [-0.1, -0.05) is 23.7 Å². The molecular weight excluding hydrogens is 378 g/mol. The van der Waals surface area contributed by atoms with Crippen molar-refractivity contribution in [3.05, 3.63) is 68.5 Å². The lowest BCUT2D eigenvalue weighted by molar-refractivity contribution is -0.119. The van der Waals surface area contributed by atoms with E-state index in [4.69, 9.17) is 11.6 Å². The number of nitrogens with one attached hydrogen (secondary N) is 1. The molecule has 1 N–H and O–H groups in total. The van der Waals surface area contributed by atoms with Gasteiger partial charge in [0.2, 0.25) is 5.91 Å². The van der Waals surface area contributed by atoms with Crippen LogP contribution in [-0.2, 0) is 10.5 Å². The Morgan fingerprint density at radius 1 is 1.40 bits per heavy atom. The lowest BCUT2D eigenvalue weighted by atomic mass is 10.1. The van der Waals surface area contributed by atoms with E-state index < -0.39 is 0 Å². The minimum Gasteiger partial charge on any atom is -0.349 e. The standard InChI is InChI=1S/C17H16ClN3O2S2/c1-11(12-2-4-13(18)5-3-12)19-15(22)10-24-9-14-8-16(23)21-6-7-25-17(21)20-14/h2-8,11H,9-10H2,1H3,(H,19,22)/t11-/m1/s1. The predicted molar refractivity (Wildman–Crippen MR) is 104 cm³/mol. The number of carbonyl (C=O) groups is 1. The molecule has 0 saturated heterocycles. The number of halogens is 1. The molecule has 0 bridgehead atoms. The van der Waals surface area contributed by atoms with Crippen molar-refractivity contribution in [2.75, 3.05) is 5.75 Å². The molecule has 5 nitrogen and oxygen atoms in total. The van der Waals surface area contributed by atoms with Crippen molar-refractivity contribution in [3.63, 3.8) is 0 Å². The molecule has 8 heteroatoms. The third-order valence-electron chi connectivity index (χ3n) is 3.59. The van der Waals surface area contributed by atoms with Gasteiger partial charge < -0.3 is 5.32 Å². The maximum absolute atomic E-state index is 12.1. The number of thiazole rings is 1. The van der Waals surface area contributed by atoms with Crippen molar-refractivity contribution in [1.82, 2.24) is 14.7 Å². The fourth-order valence-electron chi connectivity index (χ4n) is 2.33. The first-order valence-corrected chi connectivity index (χ1v) is 10.0. The van der Waals surface area contributed by atoms with Gasteiger partial charge in [0.05, 0.1) is 17.5 Å². The monoisotopic (exact) mass is 393 g/mol. The average Bonchev–Trinajstić information content (AvgIpc) is 3.04. The number of benzene rings is 1. The van der Waals surface area contributed by atoms with E-state index in [1.807, 2.05) is 24.4 Å². The Hall–Kier alpha value is -1.83. The molecule has 2 heterocycles. The summed E-state index contributed by atoms with van der Waals surface area (Å²) in [6.45, 7) is 1.93. The summed E-state index contributed by atoms with van der Waals surface area (Å²) >= 11 is 8.72. The molecule has 2 aromatic heterocycles. The zero-order chi connectivity index (χ0) is 17.8. The maximum atomic E-state index is 12.1. The van der Waals surface area contributed by atoms with Crippen LogP contribution in [0.15, 0.2) is 46.7 Å². The molecule has 0 fully saturated rings. The summed E-state index contributed by atoms with van der Waals surface area (Å²) in [4.78, 5) is 29.1. The van der Waals surface area contributed by atoms with Gasteiger partial charge in [0, 0.05) is 28.4 Å². The highest BCUT2D eigenvalue weighted by Crippen LogP contribution is 2.17. The number of rotatable bonds is 6. The Balaban J connectivity index is 1.51. The molecule has 0 radical (unpaired) electrons. The van der Waals surface area contributed by atoms with Gasteiger partial charge in [-0.05, 0) is 24.6 Å². The largest absolute Gasteiger partial charge is 0.349 e. The number of nitrogens with zero attached hydrogens (tertiary/aromatic N) is 2. The van der Waals surface area contributed by atoms with E-state index in [0.29, 0.717) is 27.2 Å². The zero-order valence-corrected chi connectivity index (χ0v) is 15.8. The molecule has 0 saturated carbocycles. The van der Waals surface area contributed by atoms with Crippen LogP contribution < -0.4 is 10.9 Å². The molecule has 130 valence electrons. The van der Waals surface area contributed by atoms with E-state index in [0.717, 1.165) is 5.56 Å². The van der Waals surface area contributed by atoms with Crippen LogP contribution in [0.3, 0.4) is 0 Å². The summed E-state index contributed by atoms with van der Waals surface area (Å²) < 4.78 is 1.51. The molecule has 0 aliphatic heterocycles. The first kappa shape index (κ1) is 18.0. The van der Waals surface area contributed by atoms with Gasteiger partial charge in [0.15, 0.2) is 4.96 Å². The summed E-state index contributed by atoms with van der Waals surface area (Å²) in [5.41, 5.74) is 1.60. The molecule has 3 rings (SSSR count). The normalized spacial score (nSPS) is 12.2. The molecule has 0 unspecified atom stereocenters. The van der Waals surface area contributed by atoms with Gasteiger partial charge in [-0.25, -0.2) is 4.98 Å². The first-order valence-electron chi connectivity index (χ1n) is 7.61. The number of fused-ring (bicyclic) bond motifs is 1. The number of thioether (sulfide) groups is 1. The number of aromatic nitrogens is 2. The smallest absolute Gasteiger partial charge is 0.258 e. The molecule has 0 aliphatic rings. The Morgan fingerprint density at radius 3 is 2.92 bits per heavy atom. The quantitative estimate of drug-likeness (QED) is 0.696. The number of hydrogen-bond donors (Lipinski definition) is 1. The highest BCUT2D eigenvalue weighted by molar-refractivity contribution is 7.99. The summed E-state index contributed by atoms with van der Waals surface area (Å²) in [7, 11) is 0. The van der Waals surface area contributed by atoms with E-state index in [9.17, 15) is 9.59 Å². The zero-order valence-electron chi connectivity index (χ0n) is 13.4. The first-order chi connectivity index (χ1) is 12.0. The molecule has 1 amide bonds. The van der Waals surface area contributed by atoms with Crippen molar-refractivity contribution in [2.45, 2.75) is 18.7 Å². The van der Waals surface area contributed by atoms with Gasteiger partial charge in [0.25, 0.3) is 5.56 Å². The van der Waals surface area contributed by atoms with E-state index in [2.05, 4.69) is 10.3 Å². The highest BCUT2D eigenvalue weighted by atomic mass is 35.5. The van der Waals surface area contributed by atoms with Crippen LogP contribution in [0.4, 0.5) is 0 Å². The average molecular weight is 394 g/mol. The third-order valence-corrected chi connectivity index (χ3v) is 5.56. The Morgan fingerprint density at radius 2 is 2.16 bits per heavy atom. The van der Waals surface area contributed by atoms with Crippen molar-refractivity contribution < 1.29 is 4.79 Å². The van der Waals surface area contributed by atoms with Crippen LogP contribution in [0.2, 0.25) is 5.02 Å². The van der Waals surface area contributed by atoms with E-state index in [1.54, 1.807) is 18.3 Å². The van der Waals surface area contributed by atoms with Crippen LogP contribution in [0.5, 0.6) is 0 Å². The van der Waals surface area contributed by atoms with Gasteiger partial charge in [0.1, 0.15) is 0 Å². The second kappa shape index (κ2) is 8.03. The molecule has 1 aromatic carbocycles. The number of amides is 1. The summed E-state index contributed by atoms with van der Waals surface area (Å²) in [6.07, 6.45) is 1.71. The summed E-state index contributed by atoms with van der Waals surface area (Å²) in [5.74, 6) is 0.775. The van der Waals surface area contributed by atoms with Crippen LogP contribution in [-0.4, -0.2) is 21.0 Å². The second-order valence-electron chi connectivity index (χ2n) is 5.47. The Kier molecular flexibility index (Phi) is 5.78. The van der Waals surface area contributed by atoms with Gasteiger partial charge in [-0.15, -0.1) is 23.1 Å². The van der Waals surface area contributed by atoms with Crippen molar-refractivity contribution in [2.24, 2.45) is 0 Å². The van der Waals surface area contributed by atoms with E-state index in [-0.39, 0.29) is 17.5 Å². The molecule has 25 heavy (non-hydrogen) atoms. The number of hydrogen-bond acceptors (Lipinski definition) is 5. The van der Waals surface area contributed by atoms with Gasteiger partial charge in [-0.3, -0.25) is 14.0 Å². The van der Waals surface area contributed by atoms with Crippen molar-refractivity contribution in [3.8, 4) is 0 Å². The summed E-state index contributed by atoms with van der Waals surface area (Å²) in [6, 6.07) is 8.83. The number of carbonyl (C=O) groups excluding carboxylic acids is 1. The van der Waals surface area contributed by atoms with Crippen LogP contribution in [0, 0.1) is 0 Å².